The Morgan fingerprint density at radius 2 is 2.05 bits per heavy atom. The molecule has 0 aliphatic rings. The summed E-state index contributed by atoms with van der Waals surface area (Å²) < 4.78 is 5.01. The molecule has 0 bridgehead atoms. The van der Waals surface area contributed by atoms with Crippen molar-refractivity contribution < 1.29 is 9.66 Å². The third-order valence-electron chi connectivity index (χ3n) is 3.62. The maximum absolute atomic E-state index is 11.0. The number of hydrogen-bond donors (Lipinski definition) is 1. The molecule has 0 aromatic heterocycles. The first-order chi connectivity index (χ1) is 9.51. The van der Waals surface area contributed by atoms with Crippen LogP contribution >= 0.6 is 0 Å². The Bertz CT molecular complexity index is 449. The van der Waals surface area contributed by atoms with Crippen molar-refractivity contribution in [2.24, 2.45) is 5.92 Å². The molecule has 5 nitrogen and oxygen atoms in total. The van der Waals surface area contributed by atoms with E-state index < -0.39 is 4.92 Å². The number of methoxy groups -OCH3 is 1. The van der Waals surface area contributed by atoms with Crippen LogP contribution in [-0.4, -0.2) is 18.1 Å². The van der Waals surface area contributed by atoms with Gasteiger partial charge in [-0.1, -0.05) is 27.2 Å². The average molecular weight is 280 g/mol. The number of nitro groups is 1. The highest BCUT2D eigenvalue weighted by atomic mass is 16.6. The maximum atomic E-state index is 11.0. The van der Waals surface area contributed by atoms with Gasteiger partial charge in [0.15, 0.2) is 5.75 Å². The summed E-state index contributed by atoms with van der Waals surface area (Å²) in [6.45, 7) is 6.52. The molecule has 2 atom stereocenters. The molecule has 0 aliphatic carbocycles. The van der Waals surface area contributed by atoms with Crippen molar-refractivity contribution in [2.75, 3.05) is 12.4 Å². The lowest BCUT2D eigenvalue weighted by Gasteiger charge is -2.21. The van der Waals surface area contributed by atoms with Crippen LogP contribution in [0, 0.1) is 16.0 Å². The molecular formula is C15H24N2O3. The third-order valence-corrected chi connectivity index (χ3v) is 3.62. The Labute approximate surface area is 120 Å². The summed E-state index contributed by atoms with van der Waals surface area (Å²) >= 11 is 0. The minimum Gasteiger partial charge on any atom is -0.490 e. The molecule has 1 aromatic carbocycles. The fourth-order valence-corrected chi connectivity index (χ4v) is 2.14. The Morgan fingerprint density at radius 3 is 2.55 bits per heavy atom. The molecule has 5 heteroatoms. The van der Waals surface area contributed by atoms with Crippen LogP contribution in [0.3, 0.4) is 0 Å². The fraction of sp³-hybridized carbons (Fsp3) is 0.600. The minimum atomic E-state index is -0.417. The topological polar surface area (TPSA) is 64.4 Å². The molecule has 0 spiro atoms. The van der Waals surface area contributed by atoms with Crippen LogP contribution in [0.1, 0.15) is 40.0 Å². The molecule has 20 heavy (non-hydrogen) atoms. The molecule has 0 saturated carbocycles. The number of ether oxygens (including phenoxy) is 1. The summed E-state index contributed by atoms with van der Waals surface area (Å²) in [4.78, 5) is 10.6. The van der Waals surface area contributed by atoms with Crippen LogP contribution in [0.4, 0.5) is 11.4 Å². The van der Waals surface area contributed by atoms with Gasteiger partial charge in [0.05, 0.1) is 12.0 Å². The standard InChI is InChI=1S/C15H24N2O3/c1-5-11(3)9-12(6-2)16-13-7-8-15(20-4)14(10-13)17(18)19/h7-8,10-12,16H,5-6,9H2,1-4H3. The van der Waals surface area contributed by atoms with Gasteiger partial charge in [-0.3, -0.25) is 10.1 Å². The summed E-state index contributed by atoms with van der Waals surface area (Å²) in [5.74, 6) is 0.927. The molecule has 2 unspecified atom stereocenters. The van der Waals surface area contributed by atoms with Crippen molar-refractivity contribution in [1.82, 2.24) is 0 Å². The number of benzene rings is 1. The highest BCUT2D eigenvalue weighted by molar-refractivity contribution is 5.58. The summed E-state index contributed by atoms with van der Waals surface area (Å²) in [6, 6.07) is 5.33. The van der Waals surface area contributed by atoms with Gasteiger partial charge in [-0.15, -0.1) is 0 Å². The summed E-state index contributed by atoms with van der Waals surface area (Å²) in [6.07, 6.45) is 3.19. The average Bonchev–Trinajstić information content (AvgIpc) is 2.45. The highest BCUT2D eigenvalue weighted by Gasteiger charge is 2.17. The summed E-state index contributed by atoms with van der Waals surface area (Å²) in [5, 5.41) is 14.4. The van der Waals surface area contributed by atoms with Gasteiger partial charge < -0.3 is 10.1 Å². The van der Waals surface area contributed by atoms with E-state index in [2.05, 4.69) is 26.1 Å². The van der Waals surface area contributed by atoms with Gasteiger partial charge in [-0.25, -0.2) is 0 Å². The lowest BCUT2D eigenvalue weighted by atomic mass is 9.97. The SMILES string of the molecule is CCC(C)CC(CC)Nc1ccc(OC)c([N+](=O)[O-])c1. The van der Waals surface area contributed by atoms with Crippen molar-refractivity contribution in [2.45, 2.75) is 46.1 Å². The van der Waals surface area contributed by atoms with E-state index in [9.17, 15) is 10.1 Å². The van der Waals surface area contributed by atoms with E-state index in [1.807, 2.05) is 6.07 Å². The number of hydrogen-bond acceptors (Lipinski definition) is 4. The number of anilines is 1. The highest BCUT2D eigenvalue weighted by Crippen LogP contribution is 2.30. The molecule has 0 saturated heterocycles. The van der Waals surface area contributed by atoms with Crippen LogP contribution in [0.2, 0.25) is 0 Å². The number of nitro benzene ring substituents is 1. The Hall–Kier alpha value is -1.78. The van der Waals surface area contributed by atoms with Crippen LogP contribution in [0.25, 0.3) is 0 Å². The largest absolute Gasteiger partial charge is 0.490 e. The van der Waals surface area contributed by atoms with Crippen molar-refractivity contribution in [3.05, 3.63) is 28.3 Å². The molecule has 0 amide bonds. The van der Waals surface area contributed by atoms with Gasteiger partial charge in [0, 0.05) is 17.8 Å². The zero-order chi connectivity index (χ0) is 15.1. The van der Waals surface area contributed by atoms with Gasteiger partial charge >= 0.3 is 5.69 Å². The fourth-order valence-electron chi connectivity index (χ4n) is 2.14. The number of rotatable bonds is 8. The first kappa shape index (κ1) is 16.3. The Morgan fingerprint density at radius 1 is 1.35 bits per heavy atom. The van der Waals surface area contributed by atoms with Gasteiger partial charge in [-0.05, 0) is 30.9 Å². The van der Waals surface area contributed by atoms with Crippen LogP contribution < -0.4 is 10.1 Å². The zero-order valence-electron chi connectivity index (χ0n) is 12.7. The van der Waals surface area contributed by atoms with E-state index in [4.69, 9.17) is 4.74 Å². The molecule has 1 aromatic rings. The van der Waals surface area contributed by atoms with Crippen LogP contribution in [0.5, 0.6) is 5.75 Å². The van der Waals surface area contributed by atoms with Gasteiger partial charge in [0.25, 0.3) is 0 Å². The molecule has 0 fully saturated rings. The van der Waals surface area contributed by atoms with E-state index in [0.29, 0.717) is 12.0 Å². The summed E-state index contributed by atoms with van der Waals surface area (Å²) in [5.41, 5.74) is 0.767. The molecule has 112 valence electrons. The van der Waals surface area contributed by atoms with E-state index >= 15 is 0 Å². The molecular weight excluding hydrogens is 256 g/mol. The lowest BCUT2D eigenvalue weighted by Crippen LogP contribution is -2.21. The second-order valence-electron chi connectivity index (χ2n) is 5.14. The van der Waals surface area contributed by atoms with Gasteiger partial charge in [0.1, 0.15) is 0 Å². The number of nitrogens with one attached hydrogen (secondary N) is 1. The van der Waals surface area contributed by atoms with E-state index in [-0.39, 0.29) is 11.4 Å². The molecule has 0 aliphatic heterocycles. The Kier molecular flexibility index (Phi) is 6.28. The predicted molar refractivity (Wildman–Crippen MR) is 81.4 cm³/mol. The quantitative estimate of drug-likeness (QED) is 0.571. The molecule has 1 rings (SSSR count). The van der Waals surface area contributed by atoms with Gasteiger partial charge in [0.2, 0.25) is 0 Å². The predicted octanol–water partition coefficient (Wildman–Crippen LogP) is 4.23. The number of nitrogens with zero attached hydrogens (tertiary/aromatic N) is 1. The third kappa shape index (κ3) is 4.40. The van der Waals surface area contributed by atoms with E-state index in [1.54, 1.807) is 6.07 Å². The molecule has 0 heterocycles. The van der Waals surface area contributed by atoms with Gasteiger partial charge in [-0.2, -0.15) is 0 Å². The smallest absolute Gasteiger partial charge is 0.312 e. The first-order valence-electron chi connectivity index (χ1n) is 7.10. The van der Waals surface area contributed by atoms with Crippen LogP contribution in [-0.2, 0) is 0 Å². The summed E-state index contributed by atoms with van der Waals surface area (Å²) in [7, 11) is 1.44. The van der Waals surface area contributed by atoms with E-state index in [0.717, 1.165) is 24.9 Å². The maximum Gasteiger partial charge on any atom is 0.312 e. The Balaban J connectivity index is 2.85. The van der Waals surface area contributed by atoms with Crippen LogP contribution in [0.15, 0.2) is 18.2 Å². The first-order valence-corrected chi connectivity index (χ1v) is 7.10. The second-order valence-corrected chi connectivity index (χ2v) is 5.14. The van der Waals surface area contributed by atoms with Crippen molar-refractivity contribution in [3.63, 3.8) is 0 Å². The second kappa shape index (κ2) is 7.72. The van der Waals surface area contributed by atoms with Crippen molar-refractivity contribution in [3.8, 4) is 5.75 Å². The normalized spacial score (nSPS) is 13.6. The van der Waals surface area contributed by atoms with E-state index in [1.165, 1.54) is 13.2 Å². The lowest BCUT2D eigenvalue weighted by molar-refractivity contribution is -0.385. The monoisotopic (exact) mass is 280 g/mol. The zero-order valence-corrected chi connectivity index (χ0v) is 12.7. The van der Waals surface area contributed by atoms with Crippen molar-refractivity contribution >= 4 is 11.4 Å². The molecule has 1 N–H and O–H groups in total. The van der Waals surface area contributed by atoms with Crippen molar-refractivity contribution in [1.29, 1.82) is 0 Å². The minimum absolute atomic E-state index is 0.00380. The molecule has 0 radical (unpaired) electrons.